The van der Waals surface area contributed by atoms with Crippen LogP contribution < -0.4 is 10.6 Å². The summed E-state index contributed by atoms with van der Waals surface area (Å²) in [5.74, 6) is -0.322. The molecule has 0 atom stereocenters. The van der Waals surface area contributed by atoms with Crippen molar-refractivity contribution in [1.82, 2.24) is 0 Å². The third-order valence-corrected chi connectivity index (χ3v) is 3.32. The quantitative estimate of drug-likeness (QED) is 0.804. The van der Waals surface area contributed by atoms with Crippen LogP contribution in [0.3, 0.4) is 0 Å². The van der Waals surface area contributed by atoms with Gasteiger partial charge < -0.3 is 10.6 Å². The molecule has 0 aliphatic heterocycles. The average molecular weight is 310 g/mol. The van der Waals surface area contributed by atoms with Gasteiger partial charge in [0.1, 0.15) is 0 Å². The maximum absolute atomic E-state index is 12.0. The molecule has 1 amide bonds. The number of benzene rings is 2. The van der Waals surface area contributed by atoms with Gasteiger partial charge >= 0.3 is 0 Å². The summed E-state index contributed by atoms with van der Waals surface area (Å²) in [6.07, 6.45) is 0. The minimum atomic E-state index is -0.237. The van der Waals surface area contributed by atoms with Crippen LogP contribution in [0.5, 0.6) is 0 Å². The van der Waals surface area contributed by atoms with Crippen LogP contribution in [0.1, 0.15) is 34.6 Å². The number of amides is 1. The zero-order valence-corrected chi connectivity index (χ0v) is 13.1. The molecule has 23 heavy (non-hydrogen) atoms. The van der Waals surface area contributed by atoms with Crippen molar-refractivity contribution >= 4 is 28.8 Å². The van der Waals surface area contributed by atoms with E-state index in [1.807, 2.05) is 0 Å². The minimum Gasteiger partial charge on any atom is -0.376 e. The maximum atomic E-state index is 12.0. The molecule has 0 bridgehead atoms. The Balaban J connectivity index is 1.95. The molecule has 2 aromatic rings. The van der Waals surface area contributed by atoms with Crippen molar-refractivity contribution in [2.45, 2.75) is 13.8 Å². The molecule has 2 rings (SSSR count). The first-order valence-electron chi connectivity index (χ1n) is 7.22. The fraction of sp³-hybridized carbons (Fsp3) is 0.167. The van der Waals surface area contributed by atoms with Crippen molar-refractivity contribution in [3.8, 4) is 0 Å². The van der Waals surface area contributed by atoms with Gasteiger partial charge in [0.05, 0.1) is 6.54 Å². The number of rotatable bonds is 6. The molecule has 2 N–H and O–H groups in total. The predicted octanol–water partition coefficient (Wildman–Crippen LogP) is 3.14. The van der Waals surface area contributed by atoms with Gasteiger partial charge in [0, 0.05) is 22.5 Å². The van der Waals surface area contributed by atoms with E-state index in [1.54, 1.807) is 48.5 Å². The van der Waals surface area contributed by atoms with Crippen molar-refractivity contribution in [3.63, 3.8) is 0 Å². The largest absolute Gasteiger partial charge is 0.376 e. The minimum absolute atomic E-state index is 0.0228. The van der Waals surface area contributed by atoms with Crippen LogP contribution in [0.2, 0.25) is 0 Å². The van der Waals surface area contributed by atoms with Gasteiger partial charge in [0.15, 0.2) is 11.6 Å². The fourth-order valence-corrected chi connectivity index (χ4v) is 2.11. The van der Waals surface area contributed by atoms with Crippen LogP contribution in [-0.2, 0) is 4.79 Å². The molecule has 118 valence electrons. The third-order valence-electron chi connectivity index (χ3n) is 3.32. The van der Waals surface area contributed by atoms with E-state index in [4.69, 9.17) is 0 Å². The van der Waals surface area contributed by atoms with E-state index in [9.17, 15) is 14.4 Å². The Morgan fingerprint density at radius 1 is 0.870 bits per heavy atom. The van der Waals surface area contributed by atoms with E-state index < -0.39 is 0 Å². The Morgan fingerprint density at radius 2 is 1.52 bits per heavy atom. The highest BCUT2D eigenvalue weighted by molar-refractivity contribution is 6.01. The van der Waals surface area contributed by atoms with Crippen molar-refractivity contribution in [2.24, 2.45) is 0 Å². The SMILES string of the molecule is CC(=O)c1ccc(NC(=O)CNc2ccccc2C(C)=O)cc1. The zero-order chi connectivity index (χ0) is 16.8. The number of anilines is 2. The first kappa shape index (κ1) is 16.4. The van der Waals surface area contributed by atoms with E-state index in [0.717, 1.165) is 0 Å². The van der Waals surface area contributed by atoms with E-state index in [2.05, 4.69) is 10.6 Å². The number of carbonyl (C=O) groups excluding carboxylic acids is 3. The number of hydrogen-bond donors (Lipinski definition) is 2. The molecular weight excluding hydrogens is 292 g/mol. The maximum Gasteiger partial charge on any atom is 0.243 e. The lowest BCUT2D eigenvalue weighted by Gasteiger charge is -2.10. The summed E-state index contributed by atoms with van der Waals surface area (Å²) in [5.41, 5.74) is 2.38. The van der Waals surface area contributed by atoms with Gasteiger partial charge in [0.25, 0.3) is 0 Å². The molecule has 0 heterocycles. The van der Waals surface area contributed by atoms with Gasteiger partial charge in [-0.15, -0.1) is 0 Å². The Labute approximate surface area is 134 Å². The predicted molar refractivity (Wildman–Crippen MR) is 90.0 cm³/mol. The summed E-state index contributed by atoms with van der Waals surface area (Å²) in [7, 11) is 0. The molecule has 0 aromatic heterocycles. The number of nitrogens with one attached hydrogen (secondary N) is 2. The lowest BCUT2D eigenvalue weighted by atomic mass is 10.1. The van der Waals surface area contributed by atoms with Crippen LogP contribution in [0, 0.1) is 0 Å². The second-order valence-corrected chi connectivity index (χ2v) is 5.14. The number of hydrogen-bond acceptors (Lipinski definition) is 4. The van der Waals surface area contributed by atoms with Crippen molar-refractivity contribution < 1.29 is 14.4 Å². The van der Waals surface area contributed by atoms with E-state index in [0.29, 0.717) is 22.5 Å². The number of carbonyl (C=O) groups is 3. The molecule has 0 saturated heterocycles. The molecule has 0 spiro atoms. The summed E-state index contributed by atoms with van der Waals surface area (Å²) in [4.78, 5) is 34.7. The Bertz CT molecular complexity index is 736. The van der Waals surface area contributed by atoms with Gasteiger partial charge in [0.2, 0.25) is 5.91 Å². The molecular formula is C18H18N2O3. The third kappa shape index (κ3) is 4.51. The van der Waals surface area contributed by atoms with Crippen LogP contribution in [0.4, 0.5) is 11.4 Å². The number of para-hydroxylation sites is 1. The highest BCUT2D eigenvalue weighted by Crippen LogP contribution is 2.15. The van der Waals surface area contributed by atoms with Crippen LogP contribution in [0.15, 0.2) is 48.5 Å². The second kappa shape index (κ2) is 7.35. The average Bonchev–Trinajstić information content (AvgIpc) is 2.53. The van der Waals surface area contributed by atoms with Gasteiger partial charge in [-0.2, -0.15) is 0 Å². The summed E-state index contributed by atoms with van der Waals surface area (Å²) >= 11 is 0. The van der Waals surface area contributed by atoms with Crippen molar-refractivity contribution in [2.75, 3.05) is 17.2 Å². The summed E-state index contributed by atoms with van der Waals surface area (Å²) < 4.78 is 0. The fourth-order valence-electron chi connectivity index (χ4n) is 2.11. The smallest absolute Gasteiger partial charge is 0.243 e. The topological polar surface area (TPSA) is 75.3 Å². The molecule has 0 aliphatic rings. The molecule has 0 radical (unpaired) electrons. The van der Waals surface area contributed by atoms with Crippen molar-refractivity contribution in [3.05, 3.63) is 59.7 Å². The number of ketones is 2. The first-order valence-corrected chi connectivity index (χ1v) is 7.22. The lowest BCUT2D eigenvalue weighted by Crippen LogP contribution is -2.22. The molecule has 2 aromatic carbocycles. The van der Waals surface area contributed by atoms with Gasteiger partial charge in [-0.05, 0) is 50.2 Å². The Morgan fingerprint density at radius 3 is 2.13 bits per heavy atom. The first-order chi connectivity index (χ1) is 11.0. The standard InChI is InChI=1S/C18H18N2O3/c1-12(21)14-7-9-15(10-8-14)20-18(23)11-19-17-6-4-3-5-16(17)13(2)22/h3-10,19H,11H2,1-2H3,(H,20,23). The van der Waals surface area contributed by atoms with E-state index in [1.165, 1.54) is 13.8 Å². The Hall–Kier alpha value is -2.95. The van der Waals surface area contributed by atoms with Gasteiger partial charge in [-0.3, -0.25) is 14.4 Å². The lowest BCUT2D eigenvalue weighted by molar-refractivity contribution is -0.114. The Kier molecular flexibility index (Phi) is 5.25. The summed E-state index contributed by atoms with van der Waals surface area (Å²) in [6, 6.07) is 13.7. The molecule has 0 fully saturated rings. The molecule has 5 nitrogen and oxygen atoms in total. The van der Waals surface area contributed by atoms with Crippen molar-refractivity contribution in [1.29, 1.82) is 0 Å². The zero-order valence-electron chi connectivity index (χ0n) is 13.1. The van der Waals surface area contributed by atoms with E-state index in [-0.39, 0.29) is 24.0 Å². The van der Waals surface area contributed by atoms with Crippen LogP contribution >= 0.6 is 0 Å². The van der Waals surface area contributed by atoms with Crippen LogP contribution in [-0.4, -0.2) is 24.0 Å². The summed E-state index contributed by atoms with van der Waals surface area (Å²) in [5, 5.41) is 5.69. The normalized spacial score (nSPS) is 10.0. The summed E-state index contributed by atoms with van der Waals surface area (Å²) in [6.45, 7) is 3.01. The van der Waals surface area contributed by atoms with Gasteiger partial charge in [-0.25, -0.2) is 0 Å². The highest BCUT2D eigenvalue weighted by atomic mass is 16.2. The molecule has 0 unspecified atom stereocenters. The molecule has 0 saturated carbocycles. The monoisotopic (exact) mass is 310 g/mol. The van der Waals surface area contributed by atoms with Gasteiger partial charge in [-0.1, -0.05) is 12.1 Å². The second-order valence-electron chi connectivity index (χ2n) is 5.14. The number of Topliss-reactive ketones (excluding diaryl/α,β-unsaturated/α-hetero) is 2. The molecule has 5 heteroatoms. The molecule has 0 aliphatic carbocycles. The van der Waals surface area contributed by atoms with E-state index >= 15 is 0 Å². The highest BCUT2D eigenvalue weighted by Gasteiger charge is 2.08. The van der Waals surface area contributed by atoms with Crippen LogP contribution in [0.25, 0.3) is 0 Å².